The lowest BCUT2D eigenvalue weighted by Gasteiger charge is -2.18. The van der Waals surface area contributed by atoms with Crippen LogP contribution >= 0.6 is 0 Å². The van der Waals surface area contributed by atoms with Crippen molar-refractivity contribution in [3.63, 3.8) is 0 Å². The average molecular weight is 207 g/mol. The number of benzene rings is 1. The second-order valence-corrected chi connectivity index (χ2v) is 3.66. The fourth-order valence-corrected chi connectivity index (χ4v) is 1.57. The van der Waals surface area contributed by atoms with Gasteiger partial charge < -0.3 is 4.84 Å². The first kappa shape index (κ1) is 12.2. The molecule has 0 aliphatic heterocycles. The van der Waals surface area contributed by atoms with E-state index in [0.717, 1.165) is 6.42 Å². The van der Waals surface area contributed by atoms with Crippen LogP contribution < -0.4 is 5.48 Å². The number of unbranched alkanes of at least 4 members (excludes halogenated alkanes) is 1. The smallest absolute Gasteiger partial charge is 0.0654 e. The van der Waals surface area contributed by atoms with Gasteiger partial charge in [0, 0.05) is 0 Å². The largest absolute Gasteiger partial charge is 0.302 e. The van der Waals surface area contributed by atoms with Gasteiger partial charge in [-0.05, 0) is 18.9 Å². The van der Waals surface area contributed by atoms with E-state index in [1.165, 1.54) is 18.4 Å². The van der Waals surface area contributed by atoms with E-state index in [4.69, 9.17) is 4.84 Å². The van der Waals surface area contributed by atoms with Crippen molar-refractivity contribution in [1.82, 2.24) is 5.48 Å². The minimum Gasteiger partial charge on any atom is -0.302 e. The van der Waals surface area contributed by atoms with Crippen LogP contribution in [0.25, 0.3) is 0 Å². The first-order valence-electron chi connectivity index (χ1n) is 5.80. The van der Waals surface area contributed by atoms with Crippen molar-refractivity contribution in [2.45, 2.75) is 39.2 Å². The third kappa shape index (κ3) is 4.45. The van der Waals surface area contributed by atoms with Crippen LogP contribution in [-0.2, 0) is 4.84 Å². The minimum absolute atomic E-state index is 0.325. The van der Waals surface area contributed by atoms with Crippen LogP contribution in [0.2, 0.25) is 0 Å². The van der Waals surface area contributed by atoms with Crippen molar-refractivity contribution >= 4 is 0 Å². The summed E-state index contributed by atoms with van der Waals surface area (Å²) >= 11 is 0. The molecule has 0 saturated heterocycles. The second-order valence-electron chi connectivity index (χ2n) is 3.66. The van der Waals surface area contributed by atoms with Gasteiger partial charge in [-0.1, -0.05) is 50.1 Å². The number of nitrogens with one attached hydrogen (secondary N) is 1. The number of hydroxylamine groups is 1. The van der Waals surface area contributed by atoms with Gasteiger partial charge in [-0.3, -0.25) is 0 Å². The van der Waals surface area contributed by atoms with Crippen molar-refractivity contribution in [3.05, 3.63) is 35.9 Å². The summed E-state index contributed by atoms with van der Waals surface area (Å²) in [6.45, 7) is 4.91. The van der Waals surface area contributed by atoms with Crippen LogP contribution in [0.1, 0.15) is 44.7 Å². The molecule has 1 N–H and O–H groups in total. The van der Waals surface area contributed by atoms with E-state index < -0.39 is 0 Å². The molecule has 0 radical (unpaired) electrons. The Balaban J connectivity index is 2.55. The highest BCUT2D eigenvalue weighted by atomic mass is 16.6. The Labute approximate surface area is 92.6 Å². The molecule has 0 aromatic heterocycles. The zero-order valence-electron chi connectivity index (χ0n) is 9.70. The van der Waals surface area contributed by atoms with Crippen LogP contribution in [0.3, 0.4) is 0 Å². The van der Waals surface area contributed by atoms with Crippen molar-refractivity contribution < 1.29 is 4.84 Å². The zero-order valence-corrected chi connectivity index (χ0v) is 9.70. The quantitative estimate of drug-likeness (QED) is 0.691. The van der Waals surface area contributed by atoms with Crippen molar-refractivity contribution in [2.75, 3.05) is 6.61 Å². The van der Waals surface area contributed by atoms with E-state index >= 15 is 0 Å². The van der Waals surface area contributed by atoms with Gasteiger partial charge in [-0.25, -0.2) is 0 Å². The minimum atomic E-state index is 0.325. The van der Waals surface area contributed by atoms with Gasteiger partial charge >= 0.3 is 0 Å². The van der Waals surface area contributed by atoms with Gasteiger partial charge in [-0.2, -0.15) is 5.48 Å². The first-order valence-corrected chi connectivity index (χ1v) is 5.80. The molecule has 15 heavy (non-hydrogen) atoms. The molecular weight excluding hydrogens is 186 g/mol. The Bertz CT molecular complexity index is 240. The number of hydrogen-bond donors (Lipinski definition) is 1. The third-order valence-electron chi connectivity index (χ3n) is 2.42. The van der Waals surface area contributed by atoms with E-state index in [1.807, 2.05) is 13.0 Å². The summed E-state index contributed by atoms with van der Waals surface area (Å²) in [5, 5.41) is 0. The Morgan fingerprint density at radius 2 is 1.93 bits per heavy atom. The maximum absolute atomic E-state index is 5.30. The molecule has 0 aliphatic carbocycles. The molecule has 0 heterocycles. The molecule has 1 aromatic rings. The van der Waals surface area contributed by atoms with Crippen LogP contribution in [0.4, 0.5) is 0 Å². The Morgan fingerprint density at radius 3 is 2.53 bits per heavy atom. The topological polar surface area (TPSA) is 21.3 Å². The molecule has 1 aromatic carbocycles. The summed E-state index contributed by atoms with van der Waals surface area (Å²) in [5.74, 6) is 0. The van der Waals surface area contributed by atoms with E-state index in [9.17, 15) is 0 Å². The lowest BCUT2D eigenvalue weighted by Crippen LogP contribution is -2.21. The molecule has 0 bridgehead atoms. The number of rotatable bonds is 7. The summed E-state index contributed by atoms with van der Waals surface area (Å²) in [6, 6.07) is 10.8. The zero-order chi connectivity index (χ0) is 10.9. The molecule has 84 valence electrons. The van der Waals surface area contributed by atoms with Crippen LogP contribution in [0.15, 0.2) is 30.3 Å². The van der Waals surface area contributed by atoms with Crippen LogP contribution in [0, 0.1) is 0 Å². The molecule has 0 amide bonds. The summed E-state index contributed by atoms with van der Waals surface area (Å²) in [7, 11) is 0. The highest BCUT2D eigenvalue weighted by Crippen LogP contribution is 2.18. The van der Waals surface area contributed by atoms with E-state index in [-0.39, 0.29) is 0 Å². The second kappa shape index (κ2) is 7.43. The van der Waals surface area contributed by atoms with Crippen molar-refractivity contribution in [1.29, 1.82) is 0 Å². The molecule has 1 unspecified atom stereocenters. The van der Waals surface area contributed by atoms with Gasteiger partial charge in [0.2, 0.25) is 0 Å². The molecule has 0 saturated carbocycles. The van der Waals surface area contributed by atoms with E-state index in [0.29, 0.717) is 12.6 Å². The first-order chi connectivity index (χ1) is 7.38. The maximum atomic E-state index is 5.30. The Kier molecular flexibility index (Phi) is 6.05. The summed E-state index contributed by atoms with van der Waals surface area (Å²) in [5.41, 5.74) is 4.43. The van der Waals surface area contributed by atoms with Gasteiger partial charge in [0.1, 0.15) is 0 Å². The molecule has 2 heteroatoms. The lowest BCUT2D eigenvalue weighted by molar-refractivity contribution is 0.0213. The fraction of sp³-hybridized carbons (Fsp3) is 0.538. The molecule has 0 aliphatic rings. The lowest BCUT2D eigenvalue weighted by atomic mass is 10.0. The molecule has 0 fully saturated rings. The van der Waals surface area contributed by atoms with Crippen molar-refractivity contribution in [2.24, 2.45) is 0 Å². The molecule has 2 nitrogen and oxygen atoms in total. The fourth-order valence-electron chi connectivity index (χ4n) is 1.57. The molecule has 1 atom stereocenters. The highest BCUT2D eigenvalue weighted by molar-refractivity contribution is 5.18. The Morgan fingerprint density at radius 1 is 1.20 bits per heavy atom. The Hall–Kier alpha value is -0.860. The molecule has 0 spiro atoms. The summed E-state index contributed by atoms with van der Waals surface area (Å²) in [4.78, 5) is 5.30. The third-order valence-corrected chi connectivity index (χ3v) is 2.42. The predicted octanol–water partition coefficient (Wildman–Crippen LogP) is 3.46. The number of hydrogen-bond acceptors (Lipinski definition) is 2. The SMILES string of the molecule is CCCCC(NOCC)c1ccccc1. The van der Waals surface area contributed by atoms with E-state index in [1.54, 1.807) is 0 Å². The standard InChI is InChI=1S/C13H21NO/c1-3-5-11-13(14-15-4-2)12-9-7-6-8-10-12/h6-10,13-14H,3-5,11H2,1-2H3. The van der Waals surface area contributed by atoms with Gasteiger partial charge in [-0.15, -0.1) is 0 Å². The average Bonchev–Trinajstić information content (AvgIpc) is 2.30. The van der Waals surface area contributed by atoms with Crippen LogP contribution in [0.5, 0.6) is 0 Å². The van der Waals surface area contributed by atoms with Gasteiger partial charge in [0.15, 0.2) is 0 Å². The maximum Gasteiger partial charge on any atom is 0.0654 e. The predicted molar refractivity (Wildman–Crippen MR) is 63.5 cm³/mol. The van der Waals surface area contributed by atoms with Crippen molar-refractivity contribution in [3.8, 4) is 0 Å². The van der Waals surface area contributed by atoms with Crippen LogP contribution in [-0.4, -0.2) is 6.61 Å². The summed E-state index contributed by atoms with van der Waals surface area (Å²) in [6.07, 6.45) is 3.57. The van der Waals surface area contributed by atoms with Gasteiger partial charge in [0.25, 0.3) is 0 Å². The molecular formula is C13H21NO. The van der Waals surface area contributed by atoms with E-state index in [2.05, 4.69) is 36.7 Å². The van der Waals surface area contributed by atoms with Gasteiger partial charge in [0.05, 0.1) is 12.6 Å². The summed E-state index contributed by atoms with van der Waals surface area (Å²) < 4.78 is 0. The monoisotopic (exact) mass is 207 g/mol. The normalized spacial score (nSPS) is 12.7. The molecule has 1 rings (SSSR count). The highest BCUT2D eigenvalue weighted by Gasteiger charge is 2.09.